The molecule has 0 bridgehead atoms. The molecule has 2 aromatic rings. The van der Waals surface area contributed by atoms with E-state index in [1.807, 2.05) is 36.6 Å². The van der Waals surface area contributed by atoms with Crippen molar-refractivity contribution in [1.82, 2.24) is 4.90 Å². The van der Waals surface area contributed by atoms with Gasteiger partial charge in [-0.3, -0.25) is 4.79 Å². The molecule has 2 aromatic carbocycles. The van der Waals surface area contributed by atoms with Crippen LogP contribution in [0.5, 0.6) is 5.75 Å². The Hall–Kier alpha value is -2.98. The van der Waals surface area contributed by atoms with Gasteiger partial charge in [0.05, 0.1) is 11.6 Å². The zero-order valence-electron chi connectivity index (χ0n) is 16.0. The van der Waals surface area contributed by atoms with Gasteiger partial charge in [0.15, 0.2) is 12.7 Å². The second-order valence-electron chi connectivity index (χ2n) is 6.10. The molecule has 0 spiro atoms. The van der Waals surface area contributed by atoms with Gasteiger partial charge >= 0.3 is 5.97 Å². The average Bonchev–Trinajstić information content (AvgIpc) is 2.72. The molecule has 0 unspecified atom stereocenters. The van der Waals surface area contributed by atoms with Gasteiger partial charge in [-0.25, -0.2) is 4.79 Å². The fourth-order valence-corrected chi connectivity index (χ4v) is 2.72. The Labute approximate surface area is 169 Å². The van der Waals surface area contributed by atoms with E-state index in [1.54, 1.807) is 50.0 Å². The molecule has 1 amide bonds. The molecule has 0 N–H and O–H groups in total. The molecule has 1 atom stereocenters. The van der Waals surface area contributed by atoms with Gasteiger partial charge < -0.3 is 14.4 Å². The van der Waals surface area contributed by atoms with Gasteiger partial charge in [0, 0.05) is 18.5 Å². The highest BCUT2D eigenvalue weighted by Crippen LogP contribution is 2.16. The molecule has 0 fully saturated rings. The molecule has 0 saturated carbocycles. The van der Waals surface area contributed by atoms with Crippen molar-refractivity contribution < 1.29 is 19.1 Å². The Balaban J connectivity index is 1.79. The number of ether oxygens (including phenoxy) is 2. The monoisotopic (exact) mass is 398 g/mol. The van der Waals surface area contributed by atoms with E-state index < -0.39 is 12.1 Å². The molecule has 0 aliphatic rings. The summed E-state index contributed by atoms with van der Waals surface area (Å²) in [6, 6.07) is 16.3. The van der Waals surface area contributed by atoms with Crippen LogP contribution in [0.15, 0.2) is 53.4 Å². The van der Waals surface area contributed by atoms with Crippen molar-refractivity contribution in [2.45, 2.75) is 24.5 Å². The van der Waals surface area contributed by atoms with Gasteiger partial charge in [0.25, 0.3) is 5.91 Å². The SMILES string of the molecule is CSc1ccc(CN(C)C(=O)COC(=O)[C@@H](C)Oc2ccc(C#N)cc2)cc1. The molecular weight excluding hydrogens is 376 g/mol. The lowest BCUT2D eigenvalue weighted by Crippen LogP contribution is -2.34. The lowest BCUT2D eigenvalue weighted by molar-refractivity contribution is -0.157. The number of thioether (sulfide) groups is 1. The molecule has 7 heteroatoms. The molecule has 28 heavy (non-hydrogen) atoms. The molecule has 0 heterocycles. The van der Waals surface area contributed by atoms with Gasteiger partial charge in [0.1, 0.15) is 5.75 Å². The zero-order chi connectivity index (χ0) is 20.5. The fraction of sp³-hybridized carbons (Fsp3) is 0.286. The van der Waals surface area contributed by atoms with Gasteiger partial charge in [0.2, 0.25) is 0 Å². The van der Waals surface area contributed by atoms with E-state index in [1.165, 1.54) is 4.90 Å². The van der Waals surface area contributed by atoms with Crippen LogP contribution in [0.25, 0.3) is 0 Å². The Morgan fingerprint density at radius 2 is 1.79 bits per heavy atom. The van der Waals surface area contributed by atoms with E-state index in [0.717, 1.165) is 10.5 Å². The molecule has 146 valence electrons. The van der Waals surface area contributed by atoms with E-state index >= 15 is 0 Å². The van der Waals surface area contributed by atoms with Gasteiger partial charge in [-0.1, -0.05) is 12.1 Å². The third kappa shape index (κ3) is 6.32. The minimum Gasteiger partial charge on any atom is -0.479 e. The summed E-state index contributed by atoms with van der Waals surface area (Å²) in [5.41, 5.74) is 1.50. The third-order valence-electron chi connectivity index (χ3n) is 3.97. The Morgan fingerprint density at radius 3 is 2.36 bits per heavy atom. The van der Waals surface area contributed by atoms with Crippen LogP contribution >= 0.6 is 11.8 Å². The zero-order valence-corrected chi connectivity index (χ0v) is 16.9. The van der Waals surface area contributed by atoms with E-state index in [4.69, 9.17) is 14.7 Å². The summed E-state index contributed by atoms with van der Waals surface area (Å²) in [6.07, 6.45) is 1.13. The fourth-order valence-electron chi connectivity index (χ4n) is 2.31. The predicted molar refractivity (Wildman–Crippen MR) is 107 cm³/mol. The van der Waals surface area contributed by atoms with Crippen molar-refractivity contribution in [1.29, 1.82) is 5.26 Å². The summed E-state index contributed by atoms with van der Waals surface area (Å²) in [5.74, 6) is -0.483. The van der Waals surface area contributed by atoms with Crippen molar-refractivity contribution in [2.75, 3.05) is 19.9 Å². The quantitative estimate of drug-likeness (QED) is 0.502. The summed E-state index contributed by atoms with van der Waals surface area (Å²) in [7, 11) is 1.66. The predicted octanol–water partition coefficient (Wildman–Crippen LogP) is 3.25. The molecule has 6 nitrogen and oxygen atoms in total. The molecule has 0 aromatic heterocycles. The maximum absolute atomic E-state index is 12.2. The third-order valence-corrected chi connectivity index (χ3v) is 4.71. The minimum atomic E-state index is -0.870. The number of carbonyl (C=O) groups excluding carboxylic acids is 2. The van der Waals surface area contributed by atoms with Crippen LogP contribution in [0, 0.1) is 11.3 Å². The number of nitrogens with zero attached hydrogens (tertiary/aromatic N) is 2. The molecule has 2 rings (SSSR count). The van der Waals surface area contributed by atoms with Crippen LogP contribution in [0.1, 0.15) is 18.1 Å². The first kappa shape index (κ1) is 21.3. The van der Waals surface area contributed by atoms with E-state index in [-0.39, 0.29) is 12.5 Å². The second kappa shape index (κ2) is 10.4. The Kier molecular flexibility index (Phi) is 7.90. The molecule has 0 radical (unpaired) electrons. The maximum atomic E-state index is 12.2. The minimum absolute atomic E-state index is 0.298. The molecular formula is C21H22N2O4S. The number of rotatable bonds is 8. The standard InChI is InChI=1S/C21H22N2O4S/c1-15(27-18-8-4-16(12-22)5-9-18)21(25)26-14-20(24)23(2)13-17-6-10-19(28-3)11-7-17/h4-11,15H,13-14H2,1-3H3/t15-/m1/s1. The summed E-state index contributed by atoms with van der Waals surface area (Å²) >= 11 is 1.65. The number of benzene rings is 2. The van der Waals surface area contributed by atoms with Crippen molar-refractivity contribution in [3.05, 3.63) is 59.7 Å². The number of esters is 1. The number of hydrogen-bond donors (Lipinski definition) is 0. The lowest BCUT2D eigenvalue weighted by Gasteiger charge is -2.18. The van der Waals surface area contributed by atoms with Crippen molar-refractivity contribution >= 4 is 23.6 Å². The molecule has 0 aliphatic heterocycles. The number of nitriles is 1. The highest BCUT2D eigenvalue weighted by Gasteiger charge is 2.19. The summed E-state index contributed by atoms with van der Waals surface area (Å²) in [5, 5.41) is 8.78. The lowest BCUT2D eigenvalue weighted by atomic mass is 10.2. The van der Waals surface area contributed by atoms with Crippen molar-refractivity contribution in [2.24, 2.45) is 0 Å². The first-order valence-corrected chi connectivity index (χ1v) is 9.85. The van der Waals surface area contributed by atoms with E-state index in [9.17, 15) is 9.59 Å². The number of amides is 1. The number of carbonyl (C=O) groups is 2. The summed E-state index contributed by atoms with van der Waals surface area (Å²) < 4.78 is 10.5. The largest absolute Gasteiger partial charge is 0.479 e. The van der Waals surface area contributed by atoms with E-state index in [0.29, 0.717) is 17.9 Å². The van der Waals surface area contributed by atoms with Gasteiger partial charge in [-0.05, 0) is 55.1 Å². The van der Waals surface area contributed by atoms with Crippen LogP contribution in [0.2, 0.25) is 0 Å². The van der Waals surface area contributed by atoms with Crippen LogP contribution in [0.3, 0.4) is 0 Å². The Morgan fingerprint density at radius 1 is 1.14 bits per heavy atom. The topological polar surface area (TPSA) is 79.6 Å². The van der Waals surface area contributed by atoms with Crippen molar-refractivity contribution in [3.63, 3.8) is 0 Å². The van der Waals surface area contributed by atoms with E-state index in [2.05, 4.69) is 0 Å². The van der Waals surface area contributed by atoms with Crippen LogP contribution in [-0.2, 0) is 20.9 Å². The van der Waals surface area contributed by atoms with Crippen LogP contribution in [0.4, 0.5) is 0 Å². The molecule has 0 saturated heterocycles. The van der Waals surface area contributed by atoms with Crippen LogP contribution in [-0.4, -0.2) is 42.8 Å². The second-order valence-corrected chi connectivity index (χ2v) is 6.98. The summed E-state index contributed by atoms with van der Waals surface area (Å²) in [4.78, 5) is 26.9. The average molecular weight is 398 g/mol. The highest BCUT2D eigenvalue weighted by molar-refractivity contribution is 7.98. The van der Waals surface area contributed by atoms with Crippen LogP contribution < -0.4 is 4.74 Å². The summed E-state index contributed by atoms with van der Waals surface area (Å²) in [6.45, 7) is 1.63. The van der Waals surface area contributed by atoms with Gasteiger partial charge in [-0.2, -0.15) is 5.26 Å². The first-order valence-electron chi connectivity index (χ1n) is 8.63. The number of likely N-dealkylation sites (N-methyl/N-ethyl adjacent to an activating group) is 1. The first-order chi connectivity index (χ1) is 13.4. The molecule has 0 aliphatic carbocycles. The smallest absolute Gasteiger partial charge is 0.347 e. The highest BCUT2D eigenvalue weighted by atomic mass is 32.2. The van der Waals surface area contributed by atoms with Crippen molar-refractivity contribution in [3.8, 4) is 11.8 Å². The van der Waals surface area contributed by atoms with Gasteiger partial charge in [-0.15, -0.1) is 11.8 Å². The number of hydrogen-bond acceptors (Lipinski definition) is 6. The maximum Gasteiger partial charge on any atom is 0.347 e. The normalized spacial score (nSPS) is 11.2. The Bertz CT molecular complexity index is 844.